The number of nitrogens with zero attached hydrogens (tertiary/aromatic N) is 1. The van der Waals surface area contributed by atoms with Gasteiger partial charge in [0.15, 0.2) is 6.73 Å². The molecule has 1 heterocycles. The lowest BCUT2D eigenvalue weighted by atomic mass is 10.1. The molecule has 2 rings (SSSR count). The first-order valence-corrected chi connectivity index (χ1v) is 5.34. The lowest BCUT2D eigenvalue weighted by Crippen LogP contribution is -2.40. The van der Waals surface area contributed by atoms with Crippen molar-refractivity contribution in [2.24, 2.45) is 0 Å². The van der Waals surface area contributed by atoms with Crippen LogP contribution in [0.15, 0.2) is 22.7 Å². The number of rotatable bonds is 2. The van der Waals surface area contributed by atoms with Gasteiger partial charge in [0, 0.05) is 11.0 Å². The van der Waals surface area contributed by atoms with Crippen molar-refractivity contribution in [2.75, 3.05) is 19.9 Å². The molecule has 0 fully saturated rings. The minimum Gasteiger partial charge on any atom is -0.472 e. The summed E-state index contributed by atoms with van der Waals surface area (Å²) in [5.74, 6) is 0.490. The van der Waals surface area contributed by atoms with Crippen LogP contribution in [0.3, 0.4) is 0 Å². The van der Waals surface area contributed by atoms with Crippen molar-refractivity contribution in [3.8, 4) is 5.75 Å². The molecule has 1 amide bonds. The Kier molecular flexibility index (Phi) is 2.93. The fourth-order valence-corrected chi connectivity index (χ4v) is 1.82. The number of benzene rings is 1. The summed E-state index contributed by atoms with van der Waals surface area (Å²) in [4.78, 5) is 13.3. The maximum absolute atomic E-state index is 11.9. The fourth-order valence-electron chi connectivity index (χ4n) is 1.46. The van der Waals surface area contributed by atoms with Gasteiger partial charge in [-0.15, -0.1) is 0 Å². The lowest BCUT2D eigenvalue weighted by molar-refractivity contribution is 0.0469. The van der Waals surface area contributed by atoms with Crippen LogP contribution in [-0.4, -0.2) is 35.8 Å². The van der Waals surface area contributed by atoms with Gasteiger partial charge in [0.25, 0.3) is 5.91 Å². The summed E-state index contributed by atoms with van der Waals surface area (Å²) in [7, 11) is 0. The molecular formula is C10H10BrNO3. The maximum atomic E-state index is 11.9. The van der Waals surface area contributed by atoms with Crippen LogP contribution in [0, 0.1) is 0 Å². The largest absolute Gasteiger partial charge is 0.472 e. The number of amides is 1. The van der Waals surface area contributed by atoms with E-state index < -0.39 is 0 Å². The van der Waals surface area contributed by atoms with Gasteiger partial charge in [-0.3, -0.25) is 4.79 Å². The standard InChI is InChI=1S/C10H10BrNO3/c11-7-1-2-9-8(5-7)10(14)12(3-4-13)6-15-9/h1-2,5,13H,3-4,6H2. The number of carbonyl (C=O) groups is 1. The number of β-amino-alcohol motifs (C(OH)–C–C–N with tert-alkyl or cyclic N) is 1. The second kappa shape index (κ2) is 4.20. The molecule has 15 heavy (non-hydrogen) atoms. The number of hydrogen-bond acceptors (Lipinski definition) is 3. The first-order valence-electron chi connectivity index (χ1n) is 4.55. The third kappa shape index (κ3) is 1.98. The van der Waals surface area contributed by atoms with E-state index >= 15 is 0 Å². The lowest BCUT2D eigenvalue weighted by Gasteiger charge is -2.28. The normalized spacial score (nSPS) is 14.8. The zero-order valence-electron chi connectivity index (χ0n) is 7.94. The van der Waals surface area contributed by atoms with Gasteiger partial charge in [0.05, 0.1) is 12.2 Å². The van der Waals surface area contributed by atoms with Crippen LogP contribution in [-0.2, 0) is 0 Å². The molecule has 1 N–H and O–H groups in total. The van der Waals surface area contributed by atoms with Crippen LogP contribution in [0.25, 0.3) is 0 Å². The second-order valence-electron chi connectivity index (χ2n) is 3.21. The quantitative estimate of drug-likeness (QED) is 0.881. The minimum atomic E-state index is -0.105. The van der Waals surface area contributed by atoms with E-state index in [1.165, 1.54) is 4.90 Å². The predicted molar refractivity (Wildman–Crippen MR) is 57.8 cm³/mol. The second-order valence-corrected chi connectivity index (χ2v) is 4.12. The van der Waals surface area contributed by atoms with Crippen molar-refractivity contribution in [2.45, 2.75) is 0 Å². The first-order chi connectivity index (χ1) is 7.22. The van der Waals surface area contributed by atoms with Gasteiger partial charge in [-0.1, -0.05) is 15.9 Å². The molecule has 0 spiro atoms. The van der Waals surface area contributed by atoms with Gasteiger partial charge in [0.1, 0.15) is 5.75 Å². The summed E-state index contributed by atoms with van der Waals surface area (Å²) in [5.41, 5.74) is 0.532. The molecule has 1 aliphatic rings. The minimum absolute atomic E-state index is 0.0571. The molecule has 0 saturated heterocycles. The third-order valence-electron chi connectivity index (χ3n) is 2.21. The zero-order chi connectivity index (χ0) is 10.8. The fraction of sp³-hybridized carbons (Fsp3) is 0.300. The van der Waals surface area contributed by atoms with Crippen LogP contribution in [0.2, 0.25) is 0 Å². The SMILES string of the molecule is O=C1c2cc(Br)ccc2OCN1CCO. The number of ether oxygens (including phenoxy) is 1. The average Bonchev–Trinajstić information content (AvgIpc) is 2.23. The molecule has 0 radical (unpaired) electrons. The van der Waals surface area contributed by atoms with Gasteiger partial charge in [-0.25, -0.2) is 0 Å². The smallest absolute Gasteiger partial charge is 0.260 e. The summed E-state index contributed by atoms with van der Waals surface area (Å²) >= 11 is 3.30. The first kappa shape index (κ1) is 10.4. The molecule has 0 saturated carbocycles. The van der Waals surface area contributed by atoms with Crippen molar-refractivity contribution >= 4 is 21.8 Å². The van der Waals surface area contributed by atoms with Gasteiger partial charge in [-0.05, 0) is 18.2 Å². The van der Waals surface area contributed by atoms with Crippen molar-refractivity contribution in [3.05, 3.63) is 28.2 Å². The van der Waals surface area contributed by atoms with E-state index in [2.05, 4.69) is 15.9 Å². The molecule has 1 aromatic carbocycles. The number of hydrogen-bond donors (Lipinski definition) is 1. The Labute approximate surface area is 95.6 Å². The number of halogens is 1. The van der Waals surface area contributed by atoms with E-state index in [-0.39, 0.29) is 19.2 Å². The third-order valence-corrected chi connectivity index (χ3v) is 2.70. The summed E-state index contributed by atoms with van der Waals surface area (Å²) in [6.07, 6.45) is 0. The van der Waals surface area contributed by atoms with Gasteiger partial charge >= 0.3 is 0 Å². The molecule has 5 heteroatoms. The molecule has 4 nitrogen and oxygen atoms in total. The van der Waals surface area contributed by atoms with Crippen LogP contribution in [0.4, 0.5) is 0 Å². The molecule has 0 bridgehead atoms. The average molecular weight is 272 g/mol. The molecule has 0 atom stereocenters. The van der Waals surface area contributed by atoms with Crippen LogP contribution < -0.4 is 4.74 Å². The summed E-state index contributed by atoms with van der Waals surface area (Å²) < 4.78 is 6.22. The van der Waals surface area contributed by atoms with E-state index in [0.29, 0.717) is 17.9 Å². The molecular weight excluding hydrogens is 262 g/mol. The highest BCUT2D eigenvalue weighted by atomic mass is 79.9. The summed E-state index contributed by atoms with van der Waals surface area (Å²) in [6.45, 7) is 0.442. The Hall–Kier alpha value is -1.07. The Balaban J connectivity index is 2.32. The number of aliphatic hydroxyl groups is 1. The zero-order valence-corrected chi connectivity index (χ0v) is 9.53. The molecule has 1 aliphatic heterocycles. The monoisotopic (exact) mass is 271 g/mol. The van der Waals surface area contributed by atoms with Crippen molar-refractivity contribution in [3.63, 3.8) is 0 Å². The van der Waals surface area contributed by atoms with Crippen molar-refractivity contribution < 1.29 is 14.6 Å². The molecule has 0 unspecified atom stereocenters. The Morgan fingerprint density at radius 1 is 1.53 bits per heavy atom. The topological polar surface area (TPSA) is 49.8 Å². The molecule has 80 valence electrons. The van der Waals surface area contributed by atoms with Crippen molar-refractivity contribution in [1.82, 2.24) is 4.90 Å². The number of aliphatic hydroxyl groups excluding tert-OH is 1. The number of fused-ring (bicyclic) bond motifs is 1. The Bertz CT molecular complexity index is 394. The summed E-state index contributed by atoms with van der Waals surface area (Å²) in [5, 5.41) is 8.78. The van der Waals surface area contributed by atoms with E-state index in [9.17, 15) is 4.79 Å². The summed E-state index contributed by atoms with van der Waals surface area (Å²) in [6, 6.07) is 5.31. The van der Waals surface area contributed by atoms with E-state index in [1.54, 1.807) is 12.1 Å². The van der Waals surface area contributed by atoms with Gasteiger partial charge < -0.3 is 14.7 Å². The molecule has 1 aromatic rings. The highest BCUT2D eigenvalue weighted by Crippen LogP contribution is 2.27. The predicted octanol–water partition coefficient (Wildman–Crippen LogP) is 1.23. The van der Waals surface area contributed by atoms with Gasteiger partial charge in [0.2, 0.25) is 0 Å². The molecule has 0 aliphatic carbocycles. The van der Waals surface area contributed by atoms with Crippen LogP contribution >= 0.6 is 15.9 Å². The van der Waals surface area contributed by atoms with E-state index in [4.69, 9.17) is 9.84 Å². The van der Waals surface area contributed by atoms with E-state index in [0.717, 1.165) is 4.47 Å². The Morgan fingerprint density at radius 2 is 2.33 bits per heavy atom. The molecule has 0 aromatic heterocycles. The van der Waals surface area contributed by atoms with Gasteiger partial charge in [-0.2, -0.15) is 0 Å². The van der Waals surface area contributed by atoms with Crippen LogP contribution in [0.5, 0.6) is 5.75 Å². The Morgan fingerprint density at radius 3 is 3.07 bits per heavy atom. The maximum Gasteiger partial charge on any atom is 0.260 e. The highest BCUT2D eigenvalue weighted by molar-refractivity contribution is 9.10. The van der Waals surface area contributed by atoms with Crippen molar-refractivity contribution in [1.29, 1.82) is 0 Å². The van der Waals surface area contributed by atoms with E-state index in [1.807, 2.05) is 6.07 Å². The highest BCUT2D eigenvalue weighted by Gasteiger charge is 2.24. The number of carbonyl (C=O) groups excluding carboxylic acids is 1. The van der Waals surface area contributed by atoms with Crippen LogP contribution in [0.1, 0.15) is 10.4 Å².